The zero-order valence-corrected chi connectivity index (χ0v) is 12.0. The summed E-state index contributed by atoms with van der Waals surface area (Å²) in [5.41, 5.74) is 0. The maximum atomic E-state index is 12.0. The maximum Gasteiger partial charge on any atom is 0.389 e. The van der Waals surface area contributed by atoms with Crippen molar-refractivity contribution in [2.45, 2.75) is 64.7 Å². The van der Waals surface area contributed by atoms with Crippen molar-refractivity contribution in [1.82, 2.24) is 10.2 Å². The average Bonchev–Trinajstić information content (AvgIpc) is 2.26. The van der Waals surface area contributed by atoms with Crippen LogP contribution in [0, 0.1) is 0 Å². The van der Waals surface area contributed by atoms with Crippen LogP contribution in [0.15, 0.2) is 0 Å². The van der Waals surface area contributed by atoms with Gasteiger partial charge in [-0.15, -0.1) is 0 Å². The summed E-state index contributed by atoms with van der Waals surface area (Å²) in [7, 11) is 2.07. The van der Waals surface area contributed by atoms with Gasteiger partial charge >= 0.3 is 6.18 Å². The normalized spacial score (nSPS) is 16.0. The fourth-order valence-corrected chi connectivity index (χ4v) is 1.73. The summed E-state index contributed by atoms with van der Waals surface area (Å²) in [5.74, 6) is 0. The van der Waals surface area contributed by atoms with E-state index in [1.807, 2.05) is 6.92 Å². The first-order chi connectivity index (χ1) is 8.26. The first-order valence-corrected chi connectivity index (χ1v) is 6.76. The van der Waals surface area contributed by atoms with E-state index >= 15 is 0 Å². The Hall–Kier alpha value is -0.290. The molecule has 0 aromatic rings. The van der Waals surface area contributed by atoms with Crippen LogP contribution in [0.4, 0.5) is 13.2 Å². The van der Waals surface area contributed by atoms with E-state index in [4.69, 9.17) is 0 Å². The molecule has 5 heteroatoms. The van der Waals surface area contributed by atoms with Gasteiger partial charge < -0.3 is 10.2 Å². The summed E-state index contributed by atoms with van der Waals surface area (Å²) in [4.78, 5) is 2.26. The van der Waals surface area contributed by atoms with Gasteiger partial charge in [-0.2, -0.15) is 13.2 Å². The highest BCUT2D eigenvalue weighted by molar-refractivity contribution is 4.66. The lowest BCUT2D eigenvalue weighted by atomic mass is 10.1. The highest BCUT2D eigenvalue weighted by Crippen LogP contribution is 2.22. The van der Waals surface area contributed by atoms with Crippen LogP contribution in [0.25, 0.3) is 0 Å². The van der Waals surface area contributed by atoms with Gasteiger partial charge in [0.25, 0.3) is 0 Å². The van der Waals surface area contributed by atoms with Gasteiger partial charge in [-0.05, 0) is 40.2 Å². The van der Waals surface area contributed by atoms with Crippen molar-refractivity contribution < 1.29 is 13.2 Å². The Morgan fingerprint density at radius 2 is 1.83 bits per heavy atom. The minimum Gasteiger partial charge on any atom is -0.313 e. The molecular weight excluding hydrogens is 241 g/mol. The van der Waals surface area contributed by atoms with E-state index in [-0.39, 0.29) is 12.5 Å². The standard InChI is InChI=1S/C13H27F3N2/c1-5-12(3)18(4)10-9-17-11(2)7-6-8-13(14,15)16/h11-12,17H,5-10H2,1-4H3. The predicted molar refractivity (Wildman–Crippen MR) is 69.8 cm³/mol. The Kier molecular flexibility index (Phi) is 8.61. The van der Waals surface area contributed by atoms with Crippen molar-refractivity contribution >= 4 is 0 Å². The molecule has 2 atom stereocenters. The fourth-order valence-electron chi connectivity index (χ4n) is 1.73. The highest BCUT2D eigenvalue weighted by atomic mass is 19.4. The molecule has 0 saturated carbocycles. The maximum absolute atomic E-state index is 12.0. The van der Waals surface area contributed by atoms with E-state index in [9.17, 15) is 13.2 Å². The molecule has 0 bridgehead atoms. The summed E-state index contributed by atoms with van der Waals surface area (Å²) < 4.78 is 35.9. The number of hydrogen-bond acceptors (Lipinski definition) is 2. The van der Waals surface area contributed by atoms with Gasteiger partial charge in [0.05, 0.1) is 0 Å². The number of likely N-dealkylation sites (N-methyl/N-ethyl adjacent to an activating group) is 1. The zero-order chi connectivity index (χ0) is 14.2. The molecule has 0 aliphatic carbocycles. The molecule has 18 heavy (non-hydrogen) atoms. The molecule has 0 fully saturated rings. The van der Waals surface area contributed by atoms with E-state index in [1.54, 1.807) is 0 Å². The average molecular weight is 268 g/mol. The molecular formula is C13H27F3N2. The van der Waals surface area contributed by atoms with Crippen molar-refractivity contribution in [3.63, 3.8) is 0 Å². The smallest absolute Gasteiger partial charge is 0.313 e. The van der Waals surface area contributed by atoms with Gasteiger partial charge in [0, 0.05) is 31.6 Å². The first-order valence-electron chi connectivity index (χ1n) is 6.76. The number of nitrogens with one attached hydrogen (secondary N) is 1. The van der Waals surface area contributed by atoms with Crippen molar-refractivity contribution in [2.75, 3.05) is 20.1 Å². The van der Waals surface area contributed by atoms with Gasteiger partial charge in [-0.1, -0.05) is 6.92 Å². The van der Waals surface area contributed by atoms with Gasteiger partial charge in [0.1, 0.15) is 0 Å². The lowest BCUT2D eigenvalue weighted by Gasteiger charge is -2.24. The third-order valence-corrected chi connectivity index (χ3v) is 3.40. The van der Waals surface area contributed by atoms with Crippen LogP contribution < -0.4 is 5.32 Å². The number of hydrogen-bond donors (Lipinski definition) is 1. The van der Waals surface area contributed by atoms with Crippen LogP contribution >= 0.6 is 0 Å². The van der Waals surface area contributed by atoms with Crippen LogP contribution in [0.3, 0.4) is 0 Å². The van der Waals surface area contributed by atoms with Gasteiger partial charge in [0.2, 0.25) is 0 Å². The predicted octanol–water partition coefficient (Wildman–Crippen LogP) is 3.43. The quantitative estimate of drug-likeness (QED) is 0.689. The van der Waals surface area contributed by atoms with Crippen LogP contribution in [0.2, 0.25) is 0 Å². The van der Waals surface area contributed by atoms with Crippen molar-refractivity contribution in [3.8, 4) is 0 Å². The zero-order valence-electron chi connectivity index (χ0n) is 12.0. The van der Waals surface area contributed by atoms with E-state index in [0.717, 1.165) is 19.5 Å². The molecule has 0 radical (unpaired) electrons. The van der Waals surface area contributed by atoms with Crippen LogP contribution in [0.1, 0.15) is 46.5 Å². The lowest BCUT2D eigenvalue weighted by Crippen LogP contribution is -2.37. The molecule has 110 valence electrons. The fraction of sp³-hybridized carbons (Fsp3) is 1.00. The summed E-state index contributed by atoms with van der Waals surface area (Å²) in [6.07, 6.45) is -2.80. The van der Waals surface area contributed by atoms with E-state index in [1.165, 1.54) is 0 Å². The van der Waals surface area contributed by atoms with Crippen molar-refractivity contribution in [3.05, 3.63) is 0 Å². The van der Waals surface area contributed by atoms with E-state index < -0.39 is 12.6 Å². The number of rotatable bonds is 9. The summed E-state index contributed by atoms with van der Waals surface area (Å²) in [6, 6.07) is 0.699. The molecule has 0 aliphatic heterocycles. The Balaban J connectivity index is 3.56. The van der Waals surface area contributed by atoms with Crippen molar-refractivity contribution in [1.29, 1.82) is 0 Å². The van der Waals surface area contributed by atoms with E-state index in [0.29, 0.717) is 12.5 Å². The van der Waals surface area contributed by atoms with Crippen molar-refractivity contribution in [2.24, 2.45) is 0 Å². The molecule has 0 heterocycles. The Bertz CT molecular complexity index is 207. The van der Waals surface area contributed by atoms with Gasteiger partial charge in [-0.3, -0.25) is 0 Å². The Morgan fingerprint density at radius 3 is 2.33 bits per heavy atom. The minimum absolute atomic E-state index is 0.151. The number of halogens is 3. The lowest BCUT2D eigenvalue weighted by molar-refractivity contribution is -0.135. The molecule has 0 spiro atoms. The second-order valence-electron chi connectivity index (χ2n) is 5.10. The largest absolute Gasteiger partial charge is 0.389 e. The summed E-state index contributed by atoms with van der Waals surface area (Å²) in [6.45, 7) is 8.02. The van der Waals surface area contributed by atoms with Crippen LogP contribution in [-0.4, -0.2) is 43.3 Å². The Morgan fingerprint density at radius 1 is 1.22 bits per heavy atom. The summed E-state index contributed by atoms with van der Waals surface area (Å²) >= 11 is 0. The number of alkyl halides is 3. The number of nitrogens with zero attached hydrogens (tertiary/aromatic N) is 1. The SMILES string of the molecule is CCC(C)N(C)CCNC(C)CCCC(F)(F)F. The third kappa shape index (κ3) is 9.71. The molecule has 0 rings (SSSR count). The van der Waals surface area contributed by atoms with Crippen LogP contribution in [-0.2, 0) is 0 Å². The molecule has 0 amide bonds. The van der Waals surface area contributed by atoms with E-state index in [2.05, 4.69) is 31.1 Å². The molecule has 0 aromatic carbocycles. The van der Waals surface area contributed by atoms with Crippen LogP contribution in [0.5, 0.6) is 0 Å². The molecule has 0 aliphatic rings. The minimum atomic E-state index is -4.02. The highest BCUT2D eigenvalue weighted by Gasteiger charge is 2.26. The summed E-state index contributed by atoms with van der Waals surface area (Å²) in [5, 5.41) is 3.27. The third-order valence-electron chi connectivity index (χ3n) is 3.40. The second kappa shape index (κ2) is 8.75. The Labute approximate surface area is 109 Å². The molecule has 0 aromatic heterocycles. The molecule has 0 saturated heterocycles. The van der Waals surface area contributed by atoms with Gasteiger partial charge in [-0.25, -0.2) is 0 Å². The molecule has 2 unspecified atom stereocenters. The monoisotopic (exact) mass is 268 g/mol. The molecule has 2 nitrogen and oxygen atoms in total. The second-order valence-corrected chi connectivity index (χ2v) is 5.10. The molecule has 1 N–H and O–H groups in total. The topological polar surface area (TPSA) is 15.3 Å². The van der Waals surface area contributed by atoms with Gasteiger partial charge in [0.15, 0.2) is 0 Å². The first kappa shape index (κ1) is 17.7.